The van der Waals surface area contributed by atoms with E-state index < -0.39 is 27.4 Å². The first-order valence-electron chi connectivity index (χ1n) is 19.6. The summed E-state index contributed by atoms with van der Waals surface area (Å²) in [6.45, 7) is 6.53. The Bertz CT molecular complexity index is 2970. The standard InChI is InChI=1S/C47H48N6O7S/c1-28-19-35(23-38-43(28)49-25-39(46(48)57)44(38)51-31-11-8-13-33(22-31)60-5)61(58,59)34-14-7-10-30(21-34)27-53(4)32-12-6-9-29(20-32)24-47(2,3)50-26-41(55)36-15-17-40(54)45-37(36)16-18-42(56)52-45/h6-23,25,41,50,54-55H,24,26-27H2,1-5H3,(H2,48,57)(H,49,51)(H,52,56)/t41-/m0/s1. The molecule has 0 saturated carbocycles. The third-order valence-electron chi connectivity index (χ3n) is 10.7. The van der Waals surface area contributed by atoms with Gasteiger partial charge >= 0.3 is 0 Å². The van der Waals surface area contributed by atoms with Crippen molar-refractivity contribution >= 4 is 54.6 Å². The Hall–Kier alpha value is -6.74. The van der Waals surface area contributed by atoms with E-state index >= 15 is 0 Å². The number of anilines is 3. The van der Waals surface area contributed by atoms with Gasteiger partial charge in [0.05, 0.1) is 45.3 Å². The molecule has 0 unspecified atom stereocenters. The third kappa shape index (κ3) is 9.21. The first kappa shape index (κ1) is 42.4. The smallest absolute Gasteiger partial charge is 0.252 e. The number of aliphatic hydroxyl groups is 1. The van der Waals surface area contributed by atoms with Crippen LogP contribution in [0.2, 0.25) is 0 Å². The third-order valence-corrected chi connectivity index (χ3v) is 12.4. The average molecular weight is 841 g/mol. The summed E-state index contributed by atoms with van der Waals surface area (Å²) in [6, 6.07) is 31.3. The fraction of sp³-hybridized carbons (Fsp3) is 0.213. The summed E-state index contributed by atoms with van der Waals surface area (Å²) in [4.78, 5) is 33.8. The number of hydrogen-bond donors (Lipinski definition) is 6. The van der Waals surface area contributed by atoms with Gasteiger partial charge in [-0.3, -0.25) is 14.6 Å². The van der Waals surface area contributed by atoms with E-state index in [9.17, 15) is 28.2 Å². The highest BCUT2D eigenvalue weighted by molar-refractivity contribution is 7.91. The molecule has 7 rings (SSSR count). The maximum Gasteiger partial charge on any atom is 0.252 e. The van der Waals surface area contributed by atoms with Crippen LogP contribution in [0.25, 0.3) is 21.8 Å². The second-order valence-electron chi connectivity index (χ2n) is 15.8. The molecule has 0 bridgehead atoms. The van der Waals surface area contributed by atoms with Crippen LogP contribution in [0.5, 0.6) is 11.5 Å². The lowest BCUT2D eigenvalue weighted by Gasteiger charge is -2.29. The maximum atomic E-state index is 14.3. The molecule has 0 fully saturated rings. The number of aromatic amines is 1. The number of aromatic nitrogens is 2. The van der Waals surface area contributed by atoms with Crippen molar-refractivity contribution < 1.29 is 28.2 Å². The summed E-state index contributed by atoms with van der Waals surface area (Å²) in [5.74, 6) is -0.190. The molecule has 0 aliphatic heterocycles. The summed E-state index contributed by atoms with van der Waals surface area (Å²) in [5, 5.41) is 29.1. The van der Waals surface area contributed by atoms with Crippen molar-refractivity contribution in [2.24, 2.45) is 5.73 Å². The number of carbonyl (C=O) groups is 1. The van der Waals surface area contributed by atoms with Gasteiger partial charge in [-0.2, -0.15) is 0 Å². The van der Waals surface area contributed by atoms with E-state index in [2.05, 4.69) is 40.5 Å². The summed E-state index contributed by atoms with van der Waals surface area (Å²) in [6.07, 6.45) is 1.13. The first-order chi connectivity index (χ1) is 29.0. The van der Waals surface area contributed by atoms with Gasteiger partial charge in [-0.05, 0) is 110 Å². The Morgan fingerprint density at radius 2 is 1.69 bits per heavy atom. The lowest BCUT2D eigenvalue weighted by atomic mass is 9.93. The van der Waals surface area contributed by atoms with Crippen molar-refractivity contribution in [3.63, 3.8) is 0 Å². The van der Waals surface area contributed by atoms with Crippen LogP contribution in [0.15, 0.2) is 130 Å². The van der Waals surface area contributed by atoms with Crippen LogP contribution < -0.4 is 31.6 Å². The largest absolute Gasteiger partial charge is 0.506 e. The van der Waals surface area contributed by atoms with Crippen molar-refractivity contribution in [2.75, 3.05) is 30.9 Å². The highest BCUT2D eigenvalue weighted by atomic mass is 32.2. The van der Waals surface area contributed by atoms with Crippen molar-refractivity contribution in [3.05, 3.63) is 154 Å². The number of benzene rings is 5. The number of aryl methyl sites for hydroxylation is 1. The monoisotopic (exact) mass is 840 g/mol. The van der Waals surface area contributed by atoms with E-state index in [1.54, 1.807) is 74.7 Å². The molecule has 0 aliphatic carbocycles. The number of carbonyl (C=O) groups excluding carboxylic acids is 1. The topological polar surface area (TPSA) is 200 Å². The SMILES string of the molecule is COc1cccc(Nc2c(C(N)=O)cnc3c(C)cc(S(=O)(=O)c4cccc(CN(C)c5cccc(CC(C)(C)NC[C@H](O)c6ccc(O)c7[nH]c(=O)ccc67)c5)c4)cc23)c1. The van der Waals surface area contributed by atoms with E-state index in [1.807, 2.05) is 36.2 Å². The number of primary amides is 1. The van der Waals surface area contributed by atoms with Gasteiger partial charge < -0.3 is 41.2 Å². The molecule has 0 aliphatic rings. The minimum absolute atomic E-state index is 0.0457. The van der Waals surface area contributed by atoms with Crippen molar-refractivity contribution in [1.29, 1.82) is 0 Å². The molecule has 61 heavy (non-hydrogen) atoms. The molecule has 1 amide bonds. The average Bonchev–Trinajstić information content (AvgIpc) is 3.23. The minimum Gasteiger partial charge on any atom is -0.506 e. The van der Waals surface area contributed by atoms with Crippen LogP contribution >= 0.6 is 0 Å². The van der Waals surface area contributed by atoms with Gasteiger partial charge in [0.1, 0.15) is 11.5 Å². The van der Waals surface area contributed by atoms with Crippen LogP contribution in [0.4, 0.5) is 17.1 Å². The Labute approximate surface area is 353 Å². The van der Waals surface area contributed by atoms with Crippen molar-refractivity contribution in [3.8, 4) is 11.5 Å². The Kier molecular flexibility index (Phi) is 11.9. The van der Waals surface area contributed by atoms with Crippen LogP contribution in [-0.2, 0) is 22.8 Å². The molecular formula is C47H48N6O7S. The molecule has 1 atom stereocenters. The number of ether oxygens (including phenoxy) is 1. The zero-order valence-electron chi connectivity index (χ0n) is 34.5. The molecule has 314 valence electrons. The maximum absolute atomic E-state index is 14.3. The van der Waals surface area contributed by atoms with Gasteiger partial charge in [-0.15, -0.1) is 0 Å². The Morgan fingerprint density at radius 1 is 0.934 bits per heavy atom. The summed E-state index contributed by atoms with van der Waals surface area (Å²) >= 11 is 0. The van der Waals surface area contributed by atoms with Crippen molar-refractivity contribution in [1.82, 2.24) is 15.3 Å². The van der Waals surface area contributed by atoms with Crippen LogP contribution in [-0.4, -0.2) is 60.7 Å². The number of β-amino-alcohol motifs (C(OH)–C–C–N with tert-alkyl or cyclic N) is 1. The van der Waals surface area contributed by atoms with Crippen LogP contribution in [0.1, 0.15) is 52.6 Å². The number of sulfone groups is 1. The number of nitrogens with one attached hydrogen (secondary N) is 3. The van der Waals surface area contributed by atoms with Gasteiger partial charge in [0.25, 0.3) is 5.91 Å². The van der Waals surface area contributed by atoms with Crippen LogP contribution in [0.3, 0.4) is 0 Å². The molecule has 7 aromatic rings. The van der Waals surface area contributed by atoms with Gasteiger partial charge in [0.2, 0.25) is 15.4 Å². The number of rotatable bonds is 15. The number of hydrogen-bond acceptors (Lipinski definition) is 11. The number of nitrogens with two attached hydrogens (primary N) is 1. The highest BCUT2D eigenvalue weighted by Crippen LogP contribution is 2.35. The molecular weight excluding hydrogens is 793 g/mol. The lowest BCUT2D eigenvalue weighted by Crippen LogP contribution is -2.43. The molecule has 0 radical (unpaired) electrons. The summed E-state index contributed by atoms with van der Waals surface area (Å²) in [5.41, 5.74) is 10.8. The van der Waals surface area contributed by atoms with Gasteiger partial charge in [-0.1, -0.05) is 36.4 Å². The van der Waals surface area contributed by atoms with E-state index in [0.29, 0.717) is 57.5 Å². The summed E-state index contributed by atoms with van der Waals surface area (Å²) in [7, 11) is -0.544. The normalized spacial score (nSPS) is 12.4. The van der Waals surface area contributed by atoms with E-state index in [1.165, 1.54) is 24.4 Å². The number of methoxy groups -OCH3 is 1. The lowest BCUT2D eigenvalue weighted by molar-refractivity contribution is 0.100. The second-order valence-corrected chi connectivity index (χ2v) is 17.8. The number of fused-ring (bicyclic) bond motifs is 2. The Morgan fingerprint density at radius 3 is 2.46 bits per heavy atom. The molecule has 7 N–H and O–H groups in total. The molecule has 0 saturated heterocycles. The number of pyridine rings is 2. The zero-order valence-corrected chi connectivity index (χ0v) is 35.3. The molecule has 2 heterocycles. The number of aliphatic hydroxyl groups excluding tert-OH is 1. The quantitative estimate of drug-likeness (QED) is 0.0618. The fourth-order valence-corrected chi connectivity index (χ4v) is 9.03. The van der Waals surface area contributed by atoms with E-state index in [0.717, 1.165) is 16.8 Å². The van der Waals surface area contributed by atoms with Gasteiger partial charge in [-0.25, -0.2) is 8.42 Å². The predicted molar refractivity (Wildman–Crippen MR) is 239 cm³/mol. The van der Waals surface area contributed by atoms with Crippen LogP contribution in [0, 0.1) is 6.92 Å². The molecule has 14 heteroatoms. The first-order valence-corrected chi connectivity index (χ1v) is 21.1. The number of aromatic hydroxyl groups is 1. The predicted octanol–water partition coefficient (Wildman–Crippen LogP) is 7.05. The molecule has 5 aromatic carbocycles. The number of amides is 1. The van der Waals surface area contributed by atoms with Gasteiger partial charge in [0, 0.05) is 66.2 Å². The fourth-order valence-electron chi connectivity index (χ4n) is 7.59. The number of phenolic OH excluding ortho intramolecular Hbond substituents is 1. The van der Waals surface area contributed by atoms with Gasteiger partial charge in [0.15, 0.2) is 0 Å². The summed E-state index contributed by atoms with van der Waals surface area (Å²) < 4.78 is 34.0. The number of phenols is 1. The van der Waals surface area contributed by atoms with E-state index in [4.69, 9.17) is 10.5 Å². The second kappa shape index (κ2) is 17.1. The highest BCUT2D eigenvalue weighted by Gasteiger charge is 2.24. The Balaban J connectivity index is 1.08. The minimum atomic E-state index is -4.04. The number of H-pyrrole nitrogens is 1. The van der Waals surface area contributed by atoms with E-state index in [-0.39, 0.29) is 38.7 Å². The zero-order chi connectivity index (χ0) is 43.6. The van der Waals surface area contributed by atoms with Crippen molar-refractivity contribution in [2.45, 2.75) is 55.2 Å². The molecule has 2 aromatic heterocycles. The molecule has 13 nitrogen and oxygen atoms in total. The molecule has 0 spiro atoms. The number of nitrogens with zero attached hydrogens (tertiary/aromatic N) is 2.